The normalized spacial score (nSPS) is 11.1. The summed E-state index contributed by atoms with van der Waals surface area (Å²) in [5.74, 6) is 5.25. The highest BCUT2D eigenvalue weighted by molar-refractivity contribution is 7.92. The molecule has 0 spiro atoms. The van der Waals surface area contributed by atoms with Gasteiger partial charge in [0.1, 0.15) is 6.61 Å². The van der Waals surface area contributed by atoms with Gasteiger partial charge in [-0.3, -0.25) is 4.72 Å². The molecule has 0 saturated carbocycles. The van der Waals surface area contributed by atoms with Gasteiger partial charge in [0.15, 0.2) is 5.13 Å². The molecule has 1 rings (SSSR count). The molecule has 0 aliphatic heterocycles. The minimum absolute atomic E-state index is 0.0566. The van der Waals surface area contributed by atoms with Gasteiger partial charge in [-0.2, -0.15) is 0 Å². The lowest BCUT2D eigenvalue weighted by molar-refractivity contribution is 0.350. The first-order valence-electron chi connectivity index (χ1n) is 4.99. The van der Waals surface area contributed by atoms with Crippen LogP contribution in [-0.4, -0.2) is 30.9 Å². The third kappa shape index (κ3) is 5.17. The molecule has 0 atom stereocenters. The van der Waals surface area contributed by atoms with Gasteiger partial charge in [-0.15, -0.1) is 0 Å². The molecule has 1 aromatic rings. The number of nitrogens with zero attached hydrogens (tertiary/aromatic N) is 1. The third-order valence-electron chi connectivity index (χ3n) is 1.59. The molecular formula is C10H14N2O3S2. The highest BCUT2D eigenvalue weighted by atomic mass is 32.2. The van der Waals surface area contributed by atoms with Crippen molar-refractivity contribution >= 4 is 26.5 Å². The summed E-state index contributed by atoms with van der Waals surface area (Å²) < 4.78 is 25.6. The Balaban J connectivity index is 2.73. The minimum Gasteiger partial charge on any atom is -0.384 e. The van der Waals surface area contributed by atoms with Crippen LogP contribution in [0, 0.1) is 17.8 Å². The highest BCUT2D eigenvalue weighted by Gasteiger charge is 2.14. The molecule has 0 aromatic carbocycles. The van der Waals surface area contributed by atoms with Crippen molar-refractivity contribution in [1.29, 1.82) is 0 Å². The molecule has 1 heterocycles. The first-order valence-corrected chi connectivity index (χ1v) is 7.46. The number of hydrogen-bond acceptors (Lipinski definition) is 5. The molecule has 1 aromatic heterocycles. The molecule has 0 saturated heterocycles. The van der Waals surface area contributed by atoms with Crippen LogP contribution in [-0.2, 0) is 10.0 Å². The van der Waals surface area contributed by atoms with Gasteiger partial charge < -0.3 is 5.11 Å². The molecule has 0 aliphatic rings. The zero-order valence-corrected chi connectivity index (χ0v) is 11.2. The summed E-state index contributed by atoms with van der Waals surface area (Å²) in [5.41, 5.74) is 0. The van der Waals surface area contributed by atoms with Crippen molar-refractivity contribution in [3.05, 3.63) is 11.1 Å². The van der Waals surface area contributed by atoms with Gasteiger partial charge in [0, 0.05) is 0 Å². The van der Waals surface area contributed by atoms with E-state index in [1.165, 1.54) is 6.20 Å². The van der Waals surface area contributed by atoms with Crippen LogP contribution in [0.5, 0.6) is 0 Å². The van der Waals surface area contributed by atoms with Crippen LogP contribution < -0.4 is 4.72 Å². The quantitative estimate of drug-likeness (QED) is 0.799. The maximum Gasteiger partial charge on any atom is 0.234 e. The van der Waals surface area contributed by atoms with E-state index in [-0.39, 0.29) is 18.3 Å². The van der Waals surface area contributed by atoms with Crippen molar-refractivity contribution in [2.45, 2.75) is 13.8 Å². The summed E-state index contributed by atoms with van der Waals surface area (Å²) in [6.45, 7) is 3.44. The summed E-state index contributed by atoms with van der Waals surface area (Å²) >= 11 is 1.14. The third-order valence-corrected chi connectivity index (χ3v) is 4.16. The zero-order valence-electron chi connectivity index (χ0n) is 9.60. The van der Waals surface area contributed by atoms with Crippen molar-refractivity contribution in [1.82, 2.24) is 4.98 Å². The standard InChI is InChI=1S/C10H14N2O3S2/c1-8(2)7-17(14,15)12-10-11-6-9(16-10)4-3-5-13/h6,8,13H,5,7H2,1-2H3,(H,11,12). The average molecular weight is 274 g/mol. The largest absolute Gasteiger partial charge is 0.384 e. The van der Waals surface area contributed by atoms with E-state index >= 15 is 0 Å². The first-order chi connectivity index (χ1) is 7.93. The smallest absolute Gasteiger partial charge is 0.234 e. The number of aromatic nitrogens is 1. The van der Waals surface area contributed by atoms with Gasteiger partial charge in [-0.1, -0.05) is 37.0 Å². The van der Waals surface area contributed by atoms with Gasteiger partial charge in [0.2, 0.25) is 10.0 Å². The summed E-state index contributed by atoms with van der Waals surface area (Å²) in [6, 6.07) is 0. The minimum atomic E-state index is -3.34. The van der Waals surface area contributed by atoms with E-state index in [0.717, 1.165) is 11.3 Å². The van der Waals surface area contributed by atoms with Crippen LogP contribution in [0.4, 0.5) is 5.13 Å². The number of thiazole rings is 1. The van der Waals surface area contributed by atoms with Crippen LogP contribution in [0.15, 0.2) is 6.20 Å². The fraction of sp³-hybridized carbons (Fsp3) is 0.500. The monoisotopic (exact) mass is 274 g/mol. The van der Waals surface area contributed by atoms with E-state index in [4.69, 9.17) is 5.11 Å². The number of anilines is 1. The van der Waals surface area contributed by atoms with Gasteiger partial charge in [0.25, 0.3) is 0 Å². The number of sulfonamides is 1. The molecule has 0 fully saturated rings. The first kappa shape index (κ1) is 14.0. The fourth-order valence-electron chi connectivity index (χ4n) is 1.12. The van der Waals surface area contributed by atoms with E-state index in [1.54, 1.807) is 0 Å². The summed E-state index contributed by atoms with van der Waals surface area (Å²) in [6.07, 6.45) is 1.47. The molecule has 0 amide bonds. The van der Waals surface area contributed by atoms with E-state index < -0.39 is 10.0 Å². The predicted octanol–water partition coefficient (Wildman–Crippen LogP) is 0.885. The Bertz CT molecular complexity index is 523. The maximum absolute atomic E-state index is 11.6. The Morgan fingerprint density at radius 3 is 2.88 bits per heavy atom. The zero-order chi connectivity index (χ0) is 12.9. The van der Waals surface area contributed by atoms with Crippen LogP contribution in [0.1, 0.15) is 18.7 Å². The van der Waals surface area contributed by atoms with Crippen molar-refractivity contribution < 1.29 is 13.5 Å². The lowest BCUT2D eigenvalue weighted by atomic mass is 10.3. The van der Waals surface area contributed by atoms with Crippen LogP contribution in [0.2, 0.25) is 0 Å². The maximum atomic E-state index is 11.6. The number of nitrogens with one attached hydrogen (secondary N) is 1. The molecule has 94 valence electrons. The van der Waals surface area contributed by atoms with Crippen LogP contribution in [0.3, 0.4) is 0 Å². The topological polar surface area (TPSA) is 79.3 Å². The molecular weight excluding hydrogens is 260 g/mol. The molecule has 17 heavy (non-hydrogen) atoms. The second-order valence-corrected chi connectivity index (χ2v) is 6.56. The molecule has 5 nitrogen and oxygen atoms in total. The second-order valence-electron chi connectivity index (χ2n) is 3.77. The van der Waals surface area contributed by atoms with Crippen LogP contribution in [0.25, 0.3) is 0 Å². The molecule has 0 radical (unpaired) electrons. The van der Waals surface area contributed by atoms with Gasteiger partial charge in [0.05, 0.1) is 16.8 Å². The number of hydrogen-bond donors (Lipinski definition) is 2. The number of rotatable bonds is 4. The molecule has 7 heteroatoms. The Hall–Kier alpha value is -1.10. The second kappa shape index (κ2) is 6.00. The van der Waals surface area contributed by atoms with E-state index in [2.05, 4.69) is 21.5 Å². The number of aliphatic hydroxyl groups is 1. The van der Waals surface area contributed by atoms with Crippen molar-refractivity contribution in [3.63, 3.8) is 0 Å². The average Bonchev–Trinajstić information content (AvgIpc) is 2.59. The molecule has 0 aliphatic carbocycles. The SMILES string of the molecule is CC(C)CS(=O)(=O)Nc1ncc(C#CCO)s1. The van der Waals surface area contributed by atoms with E-state index in [9.17, 15) is 8.42 Å². The molecule has 2 N–H and O–H groups in total. The Morgan fingerprint density at radius 2 is 2.29 bits per heavy atom. The lowest BCUT2D eigenvalue weighted by Gasteiger charge is -2.06. The predicted molar refractivity (Wildman–Crippen MR) is 68.3 cm³/mol. The van der Waals surface area contributed by atoms with Crippen molar-refractivity contribution in [2.24, 2.45) is 5.92 Å². The van der Waals surface area contributed by atoms with Gasteiger partial charge in [-0.05, 0) is 5.92 Å². The van der Waals surface area contributed by atoms with Crippen molar-refractivity contribution in [3.8, 4) is 11.8 Å². The molecule has 0 unspecified atom stereocenters. The summed E-state index contributed by atoms with van der Waals surface area (Å²) in [4.78, 5) is 4.52. The van der Waals surface area contributed by atoms with Gasteiger partial charge in [-0.25, -0.2) is 13.4 Å². The Kier molecular flexibility index (Phi) is 4.93. The van der Waals surface area contributed by atoms with E-state index in [1.807, 2.05) is 13.8 Å². The van der Waals surface area contributed by atoms with Gasteiger partial charge >= 0.3 is 0 Å². The lowest BCUT2D eigenvalue weighted by Crippen LogP contribution is -2.19. The molecule has 0 bridgehead atoms. The van der Waals surface area contributed by atoms with Crippen LogP contribution >= 0.6 is 11.3 Å². The number of aliphatic hydroxyl groups excluding tert-OH is 1. The highest BCUT2D eigenvalue weighted by Crippen LogP contribution is 2.18. The Labute approximate surface area is 105 Å². The summed E-state index contributed by atoms with van der Waals surface area (Å²) in [7, 11) is -3.34. The Morgan fingerprint density at radius 1 is 1.59 bits per heavy atom. The van der Waals surface area contributed by atoms with Crippen molar-refractivity contribution in [2.75, 3.05) is 17.1 Å². The summed E-state index contributed by atoms with van der Waals surface area (Å²) in [5, 5.41) is 8.82. The fourth-order valence-corrected chi connectivity index (χ4v) is 3.49. The van der Waals surface area contributed by atoms with E-state index in [0.29, 0.717) is 10.0 Å².